The maximum atomic E-state index is 5.90. The van der Waals surface area contributed by atoms with Crippen LogP contribution in [0.3, 0.4) is 0 Å². The van der Waals surface area contributed by atoms with Crippen LogP contribution in [0.15, 0.2) is 12.4 Å². The lowest BCUT2D eigenvalue weighted by molar-refractivity contribution is 0.107. The summed E-state index contributed by atoms with van der Waals surface area (Å²) in [6, 6.07) is 0.242. The molecule has 4 rings (SSSR count). The highest BCUT2D eigenvalue weighted by Gasteiger charge is 2.31. The van der Waals surface area contributed by atoms with E-state index in [4.69, 9.17) is 9.72 Å². The van der Waals surface area contributed by atoms with E-state index in [0.29, 0.717) is 5.92 Å². The summed E-state index contributed by atoms with van der Waals surface area (Å²) in [6.07, 6.45) is 11.4. The van der Waals surface area contributed by atoms with Crippen molar-refractivity contribution in [3.63, 3.8) is 0 Å². The highest BCUT2D eigenvalue weighted by Crippen LogP contribution is 2.34. The van der Waals surface area contributed by atoms with Crippen LogP contribution in [0.2, 0.25) is 0 Å². The molecule has 2 aromatic rings. The van der Waals surface area contributed by atoms with Crippen molar-refractivity contribution >= 4 is 16.7 Å². The van der Waals surface area contributed by atoms with Crippen LogP contribution in [0.25, 0.3) is 0 Å². The molecule has 2 fully saturated rings. The number of anilines is 1. The second kappa shape index (κ2) is 6.57. The highest BCUT2D eigenvalue weighted by atomic mass is 32.1. The van der Waals surface area contributed by atoms with Crippen molar-refractivity contribution in [3.05, 3.63) is 23.8 Å². The van der Waals surface area contributed by atoms with E-state index in [0.717, 1.165) is 29.5 Å². The van der Waals surface area contributed by atoms with Gasteiger partial charge in [-0.25, -0.2) is 4.98 Å². The molecule has 6 nitrogen and oxygen atoms in total. The Labute approximate surface area is 140 Å². The molecule has 124 valence electrons. The average Bonchev–Trinajstić information content (AvgIpc) is 3.29. The van der Waals surface area contributed by atoms with E-state index in [1.807, 2.05) is 24.1 Å². The number of aromatic nitrogens is 4. The molecular weight excluding hydrogens is 310 g/mol. The van der Waals surface area contributed by atoms with E-state index in [2.05, 4.69) is 14.8 Å². The third kappa shape index (κ3) is 3.26. The largest absolute Gasteiger partial charge is 0.371 e. The minimum atomic E-state index is 0.0470. The lowest BCUT2D eigenvalue weighted by Crippen LogP contribution is -2.23. The third-order valence-corrected chi connectivity index (χ3v) is 5.53. The first-order chi connectivity index (χ1) is 11.3. The van der Waals surface area contributed by atoms with Crippen molar-refractivity contribution in [1.82, 2.24) is 19.1 Å². The summed E-state index contributed by atoms with van der Waals surface area (Å²) in [5, 5.41) is 8.72. The second-order valence-corrected chi connectivity index (χ2v) is 7.32. The van der Waals surface area contributed by atoms with Crippen molar-refractivity contribution in [2.45, 2.75) is 56.6 Å². The monoisotopic (exact) mass is 333 g/mol. The molecule has 1 saturated carbocycles. The molecule has 7 heteroatoms. The molecule has 1 aliphatic carbocycles. The lowest BCUT2D eigenvalue weighted by atomic mass is 9.89. The maximum Gasteiger partial charge on any atom is 0.202 e. The van der Waals surface area contributed by atoms with Crippen LogP contribution in [0.4, 0.5) is 5.13 Å². The molecule has 2 atom stereocenters. The van der Waals surface area contributed by atoms with Gasteiger partial charge in [-0.05, 0) is 19.3 Å². The van der Waals surface area contributed by atoms with Crippen LogP contribution in [0, 0.1) is 0 Å². The molecular formula is C16H23N5OS. The van der Waals surface area contributed by atoms with Crippen molar-refractivity contribution < 1.29 is 4.74 Å². The van der Waals surface area contributed by atoms with E-state index in [1.165, 1.54) is 43.6 Å². The van der Waals surface area contributed by atoms with Crippen LogP contribution in [-0.2, 0) is 11.8 Å². The molecule has 0 spiro atoms. The zero-order valence-corrected chi connectivity index (χ0v) is 14.3. The zero-order chi connectivity index (χ0) is 15.6. The van der Waals surface area contributed by atoms with Gasteiger partial charge in [-0.1, -0.05) is 19.3 Å². The Bertz CT molecular complexity index is 648. The van der Waals surface area contributed by atoms with Crippen molar-refractivity contribution in [3.8, 4) is 0 Å². The molecule has 1 N–H and O–H groups in total. The first kappa shape index (κ1) is 15.1. The molecule has 0 bridgehead atoms. The molecule has 2 aromatic heterocycles. The van der Waals surface area contributed by atoms with E-state index in [9.17, 15) is 0 Å². The summed E-state index contributed by atoms with van der Waals surface area (Å²) >= 11 is 1.48. The van der Waals surface area contributed by atoms with Gasteiger partial charge in [0.1, 0.15) is 11.9 Å². The summed E-state index contributed by atoms with van der Waals surface area (Å²) in [5.74, 6) is 1.60. The van der Waals surface area contributed by atoms with E-state index < -0.39 is 0 Å². The van der Waals surface area contributed by atoms with Gasteiger partial charge >= 0.3 is 0 Å². The zero-order valence-electron chi connectivity index (χ0n) is 13.4. The fraction of sp³-hybridized carbons (Fsp3) is 0.688. The van der Waals surface area contributed by atoms with E-state index in [1.54, 1.807) is 0 Å². The van der Waals surface area contributed by atoms with Crippen LogP contribution in [-0.4, -0.2) is 31.8 Å². The molecule has 0 amide bonds. The van der Waals surface area contributed by atoms with Gasteiger partial charge in [0.05, 0.1) is 12.2 Å². The van der Waals surface area contributed by atoms with E-state index >= 15 is 0 Å². The summed E-state index contributed by atoms with van der Waals surface area (Å²) in [7, 11) is 1.93. The van der Waals surface area contributed by atoms with Gasteiger partial charge in [0.2, 0.25) is 5.13 Å². The standard InChI is InChI=1S/C16H23N5OS/c1-21-10-12(9-17-21)14-13(7-8-22-14)18-16-19-15(20-23-16)11-5-3-2-4-6-11/h9-11,13-14H,2-8H2,1H3,(H,18,19,20)/t13-,14+/m1/s1. The summed E-state index contributed by atoms with van der Waals surface area (Å²) in [4.78, 5) is 4.75. The van der Waals surface area contributed by atoms with Gasteiger partial charge in [0, 0.05) is 42.9 Å². The first-order valence-electron chi connectivity index (χ1n) is 8.50. The quantitative estimate of drug-likeness (QED) is 0.930. The van der Waals surface area contributed by atoms with Crippen LogP contribution in [0.5, 0.6) is 0 Å². The molecule has 0 radical (unpaired) electrons. The fourth-order valence-corrected chi connectivity index (χ4v) is 4.34. The van der Waals surface area contributed by atoms with Gasteiger partial charge in [0.15, 0.2) is 0 Å². The van der Waals surface area contributed by atoms with Crippen molar-refractivity contribution in [2.75, 3.05) is 11.9 Å². The second-order valence-electron chi connectivity index (χ2n) is 6.57. The number of nitrogens with zero attached hydrogens (tertiary/aromatic N) is 4. The molecule has 1 aliphatic heterocycles. The maximum absolute atomic E-state index is 5.90. The number of aryl methyl sites for hydroxylation is 1. The summed E-state index contributed by atoms with van der Waals surface area (Å²) in [6.45, 7) is 0.769. The summed E-state index contributed by atoms with van der Waals surface area (Å²) < 4.78 is 12.3. The number of hydrogen-bond acceptors (Lipinski definition) is 6. The number of ether oxygens (including phenoxy) is 1. The van der Waals surface area contributed by atoms with Crippen molar-refractivity contribution in [1.29, 1.82) is 0 Å². The van der Waals surface area contributed by atoms with E-state index in [-0.39, 0.29) is 12.1 Å². The number of nitrogens with one attached hydrogen (secondary N) is 1. The Morgan fingerprint density at radius 1 is 1.26 bits per heavy atom. The van der Waals surface area contributed by atoms with Crippen LogP contribution < -0.4 is 5.32 Å². The molecule has 0 unspecified atom stereocenters. The SMILES string of the molecule is Cn1cc([C@@H]2OCC[C@H]2Nc2nc(C3CCCCC3)ns2)cn1. The Balaban J connectivity index is 1.44. The van der Waals surface area contributed by atoms with Gasteiger partial charge in [0.25, 0.3) is 0 Å². The number of hydrogen-bond donors (Lipinski definition) is 1. The topological polar surface area (TPSA) is 64.9 Å². The van der Waals surface area contributed by atoms with Gasteiger partial charge < -0.3 is 10.1 Å². The van der Waals surface area contributed by atoms with Crippen LogP contribution >= 0.6 is 11.5 Å². The molecule has 0 aromatic carbocycles. The molecule has 23 heavy (non-hydrogen) atoms. The highest BCUT2D eigenvalue weighted by molar-refractivity contribution is 7.09. The molecule has 2 aliphatic rings. The lowest BCUT2D eigenvalue weighted by Gasteiger charge is -2.19. The van der Waals surface area contributed by atoms with Crippen molar-refractivity contribution in [2.24, 2.45) is 7.05 Å². The first-order valence-corrected chi connectivity index (χ1v) is 9.27. The Kier molecular flexibility index (Phi) is 4.31. The van der Waals surface area contributed by atoms with Gasteiger partial charge in [-0.3, -0.25) is 4.68 Å². The normalized spacial score (nSPS) is 25.8. The average molecular weight is 333 g/mol. The Hall–Kier alpha value is -1.47. The summed E-state index contributed by atoms with van der Waals surface area (Å²) in [5.41, 5.74) is 1.12. The van der Waals surface area contributed by atoms with Crippen LogP contribution in [0.1, 0.15) is 61.9 Å². The fourth-order valence-electron chi connectivity index (χ4n) is 3.63. The molecule has 3 heterocycles. The minimum absolute atomic E-state index is 0.0470. The van der Waals surface area contributed by atoms with Gasteiger partial charge in [-0.2, -0.15) is 9.47 Å². The predicted octanol–water partition coefficient (Wildman–Crippen LogP) is 3.26. The molecule has 1 saturated heterocycles. The van der Waals surface area contributed by atoms with Gasteiger partial charge in [-0.15, -0.1) is 0 Å². The Morgan fingerprint density at radius 2 is 2.13 bits per heavy atom. The predicted molar refractivity (Wildman–Crippen MR) is 89.7 cm³/mol. The third-order valence-electron chi connectivity index (χ3n) is 4.87. The Morgan fingerprint density at radius 3 is 2.91 bits per heavy atom. The number of rotatable bonds is 4. The smallest absolute Gasteiger partial charge is 0.202 e. The minimum Gasteiger partial charge on any atom is -0.371 e.